The molecule has 0 spiro atoms. The van der Waals surface area contributed by atoms with Crippen LogP contribution in [0.15, 0.2) is 54.0 Å². The first-order valence-corrected chi connectivity index (χ1v) is 6.67. The Bertz CT molecular complexity index is 559. The molecule has 0 aromatic heterocycles. The molecule has 1 heterocycles. The van der Waals surface area contributed by atoms with Crippen LogP contribution >= 0.6 is 0 Å². The highest BCUT2D eigenvalue weighted by Crippen LogP contribution is 2.40. The molecule has 3 rings (SSSR count). The van der Waals surface area contributed by atoms with Crippen LogP contribution in [0.3, 0.4) is 0 Å². The average molecular weight is 272 g/mol. The fourth-order valence-corrected chi connectivity index (χ4v) is 2.74. The van der Waals surface area contributed by atoms with E-state index in [0.717, 1.165) is 11.3 Å². The fourth-order valence-electron chi connectivity index (χ4n) is 2.74. The van der Waals surface area contributed by atoms with Gasteiger partial charge in [0.1, 0.15) is 6.61 Å². The smallest absolute Gasteiger partial charge is 0.335 e. The third-order valence-corrected chi connectivity index (χ3v) is 3.80. The van der Waals surface area contributed by atoms with Crippen LogP contribution in [0.2, 0.25) is 0 Å². The Morgan fingerprint density at radius 1 is 1.30 bits per heavy atom. The van der Waals surface area contributed by atoms with Gasteiger partial charge in [-0.1, -0.05) is 30.3 Å². The molecule has 0 amide bonds. The molecule has 0 saturated carbocycles. The van der Waals surface area contributed by atoms with E-state index in [9.17, 15) is 4.79 Å². The maximum absolute atomic E-state index is 11.2. The molecular weight excluding hydrogens is 256 g/mol. The molecular formula is C16H16O4. The number of aliphatic carboxylic acids is 1. The SMILES string of the molecule is O=C(O)C1=COCC2C(OCc3ccccc3)=CCC12. The molecule has 0 saturated heterocycles. The first kappa shape index (κ1) is 12.8. The van der Waals surface area contributed by atoms with Crippen molar-refractivity contribution in [2.75, 3.05) is 6.61 Å². The van der Waals surface area contributed by atoms with Gasteiger partial charge in [0.05, 0.1) is 30.1 Å². The third kappa shape index (κ3) is 2.41. The van der Waals surface area contributed by atoms with Gasteiger partial charge >= 0.3 is 5.97 Å². The second-order valence-electron chi connectivity index (χ2n) is 5.04. The van der Waals surface area contributed by atoms with Gasteiger partial charge in [-0.2, -0.15) is 0 Å². The van der Waals surface area contributed by atoms with Crippen LogP contribution in [0.4, 0.5) is 0 Å². The quantitative estimate of drug-likeness (QED) is 0.915. The van der Waals surface area contributed by atoms with Gasteiger partial charge in [0, 0.05) is 5.92 Å². The summed E-state index contributed by atoms with van der Waals surface area (Å²) in [6.07, 6.45) is 4.07. The zero-order valence-electron chi connectivity index (χ0n) is 11.0. The van der Waals surface area contributed by atoms with Crippen molar-refractivity contribution in [3.05, 3.63) is 59.6 Å². The number of fused-ring (bicyclic) bond motifs is 1. The molecule has 1 aromatic carbocycles. The lowest BCUT2D eigenvalue weighted by atomic mass is 9.87. The van der Waals surface area contributed by atoms with Crippen molar-refractivity contribution in [3.63, 3.8) is 0 Å². The summed E-state index contributed by atoms with van der Waals surface area (Å²) in [5.74, 6) is -0.0510. The summed E-state index contributed by atoms with van der Waals surface area (Å²) in [6.45, 7) is 0.990. The molecule has 20 heavy (non-hydrogen) atoms. The lowest BCUT2D eigenvalue weighted by Gasteiger charge is -2.26. The van der Waals surface area contributed by atoms with Crippen molar-refractivity contribution < 1.29 is 19.4 Å². The molecule has 104 valence electrons. The van der Waals surface area contributed by atoms with E-state index in [2.05, 4.69) is 0 Å². The molecule has 4 heteroatoms. The summed E-state index contributed by atoms with van der Waals surface area (Å²) in [4.78, 5) is 11.2. The number of carboxylic acid groups (broad SMARTS) is 1. The van der Waals surface area contributed by atoms with E-state index in [1.807, 2.05) is 36.4 Å². The number of rotatable bonds is 4. The summed E-state index contributed by atoms with van der Waals surface area (Å²) >= 11 is 0. The molecule has 0 bridgehead atoms. The van der Waals surface area contributed by atoms with Gasteiger partial charge in [-0.3, -0.25) is 0 Å². The summed E-state index contributed by atoms with van der Waals surface area (Å²) in [5, 5.41) is 9.17. The van der Waals surface area contributed by atoms with Crippen LogP contribution in [0.25, 0.3) is 0 Å². The maximum atomic E-state index is 11.2. The van der Waals surface area contributed by atoms with Crippen molar-refractivity contribution >= 4 is 5.97 Å². The zero-order valence-corrected chi connectivity index (χ0v) is 11.0. The van der Waals surface area contributed by atoms with Crippen LogP contribution in [-0.2, 0) is 20.9 Å². The standard InChI is InChI=1S/C16H16O4/c17-16(18)14-10-19-9-13-12(14)6-7-15(13)20-8-11-4-2-1-3-5-11/h1-5,7,10,12-13H,6,8-9H2,(H,17,18). The highest BCUT2D eigenvalue weighted by atomic mass is 16.5. The number of hydrogen-bond acceptors (Lipinski definition) is 3. The van der Waals surface area contributed by atoms with E-state index in [1.54, 1.807) is 0 Å². The first-order chi connectivity index (χ1) is 9.75. The Morgan fingerprint density at radius 2 is 2.10 bits per heavy atom. The highest BCUT2D eigenvalue weighted by Gasteiger charge is 2.39. The second-order valence-corrected chi connectivity index (χ2v) is 5.04. The van der Waals surface area contributed by atoms with Gasteiger partial charge in [-0.25, -0.2) is 4.79 Å². The predicted molar refractivity (Wildman–Crippen MR) is 72.6 cm³/mol. The summed E-state index contributed by atoms with van der Waals surface area (Å²) in [6, 6.07) is 9.92. The van der Waals surface area contributed by atoms with Crippen molar-refractivity contribution in [1.82, 2.24) is 0 Å². The molecule has 0 radical (unpaired) electrons. The molecule has 1 aliphatic heterocycles. The molecule has 4 nitrogen and oxygen atoms in total. The third-order valence-electron chi connectivity index (χ3n) is 3.80. The fraction of sp³-hybridized carbons (Fsp3) is 0.312. The number of hydrogen-bond donors (Lipinski definition) is 1. The van der Waals surface area contributed by atoms with Crippen molar-refractivity contribution in [3.8, 4) is 0 Å². The molecule has 1 N–H and O–H groups in total. The summed E-state index contributed by atoms with van der Waals surface area (Å²) in [7, 11) is 0. The van der Waals surface area contributed by atoms with E-state index in [4.69, 9.17) is 14.6 Å². The molecule has 1 aliphatic carbocycles. The van der Waals surface area contributed by atoms with Crippen LogP contribution in [0, 0.1) is 11.8 Å². The van der Waals surface area contributed by atoms with Crippen molar-refractivity contribution in [2.45, 2.75) is 13.0 Å². The molecule has 2 unspecified atom stereocenters. The Balaban J connectivity index is 1.66. The minimum absolute atomic E-state index is 0.0213. The molecule has 1 aromatic rings. The van der Waals surface area contributed by atoms with E-state index in [0.29, 0.717) is 25.2 Å². The largest absolute Gasteiger partial charge is 0.500 e. The Labute approximate surface area is 117 Å². The second kappa shape index (κ2) is 5.41. The van der Waals surface area contributed by atoms with Gasteiger partial charge in [0.25, 0.3) is 0 Å². The van der Waals surface area contributed by atoms with Crippen LogP contribution in [-0.4, -0.2) is 17.7 Å². The van der Waals surface area contributed by atoms with Gasteiger partial charge in [-0.05, 0) is 18.1 Å². The van der Waals surface area contributed by atoms with Crippen LogP contribution in [0.5, 0.6) is 0 Å². The predicted octanol–water partition coefficient (Wildman–Crippen LogP) is 2.72. The number of benzene rings is 1. The van der Waals surface area contributed by atoms with Gasteiger partial charge in [0.15, 0.2) is 0 Å². The van der Waals surface area contributed by atoms with Crippen LogP contribution in [0.1, 0.15) is 12.0 Å². The maximum Gasteiger partial charge on any atom is 0.335 e. The normalized spacial score (nSPS) is 24.2. The van der Waals surface area contributed by atoms with Crippen molar-refractivity contribution in [2.24, 2.45) is 11.8 Å². The molecule has 0 fully saturated rings. The number of ether oxygens (including phenoxy) is 2. The number of carbonyl (C=O) groups is 1. The lowest BCUT2D eigenvalue weighted by Crippen LogP contribution is -2.27. The van der Waals surface area contributed by atoms with Gasteiger partial charge in [-0.15, -0.1) is 0 Å². The number of carboxylic acids is 1. The zero-order chi connectivity index (χ0) is 13.9. The van der Waals surface area contributed by atoms with E-state index in [-0.39, 0.29) is 11.8 Å². The number of allylic oxidation sites excluding steroid dienone is 1. The highest BCUT2D eigenvalue weighted by molar-refractivity contribution is 5.87. The molecule has 2 aliphatic rings. The van der Waals surface area contributed by atoms with Gasteiger partial charge < -0.3 is 14.6 Å². The van der Waals surface area contributed by atoms with E-state index in [1.165, 1.54) is 6.26 Å². The lowest BCUT2D eigenvalue weighted by molar-refractivity contribution is -0.134. The Hall–Kier alpha value is -2.23. The van der Waals surface area contributed by atoms with Gasteiger partial charge in [0.2, 0.25) is 0 Å². The first-order valence-electron chi connectivity index (χ1n) is 6.67. The summed E-state index contributed by atoms with van der Waals surface area (Å²) < 4.78 is 11.1. The average Bonchev–Trinajstić information content (AvgIpc) is 2.89. The minimum Gasteiger partial charge on any atom is -0.500 e. The van der Waals surface area contributed by atoms with Crippen LogP contribution < -0.4 is 0 Å². The Kier molecular flexibility index (Phi) is 3.46. The topological polar surface area (TPSA) is 55.8 Å². The molecule has 2 atom stereocenters. The van der Waals surface area contributed by atoms with Crippen molar-refractivity contribution in [1.29, 1.82) is 0 Å². The minimum atomic E-state index is -0.905. The summed E-state index contributed by atoms with van der Waals surface area (Å²) in [5.41, 5.74) is 1.44. The van der Waals surface area contributed by atoms with E-state index < -0.39 is 5.97 Å². The van der Waals surface area contributed by atoms with E-state index >= 15 is 0 Å². The Morgan fingerprint density at radius 3 is 2.85 bits per heavy atom. The monoisotopic (exact) mass is 272 g/mol.